The second-order valence-corrected chi connectivity index (χ2v) is 11.2. The van der Waals surface area contributed by atoms with Gasteiger partial charge in [0.25, 0.3) is 0 Å². The molecule has 0 bridgehead atoms. The first-order chi connectivity index (χ1) is 15.7. The minimum atomic E-state index is -4.03. The van der Waals surface area contributed by atoms with Crippen LogP contribution < -0.4 is 9.62 Å². The van der Waals surface area contributed by atoms with Gasteiger partial charge < -0.3 is 10.2 Å². The number of hydrogen-bond donors (Lipinski definition) is 1. The predicted molar refractivity (Wildman–Crippen MR) is 131 cm³/mol. The third-order valence-corrected chi connectivity index (χ3v) is 6.85. The summed E-state index contributed by atoms with van der Waals surface area (Å²) >= 11 is 0. The molecule has 1 atom stereocenters. The Morgan fingerprint density at radius 2 is 1.56 bits per heavy atom. The van der Waals surface area contributed by atoms with Crippen molar-refractivity contribution in [1.29, 1.82) is 0 Å². The van der Waals surface area contributed by atoms with Gasteiger partial charge in [0.15, 0.2) is 0 Å². The fourth-order valence-corrected chi connectivity index (χ4v) is 4.23. The number of nitrogens with one attached hydrogen (secondary N) is 1. The number of nitrogens with zero attached hydrogens (tertiary/aromatic N) is 3. The van der Waals surface area contributed by atoms with E-state index in [0.29, 0.717) is 5.69 Å². The maximum atomic E-state index is 14.4. The number of anilines is 1. The molecule has 0 aliphatic rings. The number of halogens is 1. The van der Waals surface area contributed by atoms with Crippen molar-refractivity contribution in [3.8, 4) is 0 Å². The van der Waals surface area contributed by atoms with Gasteiger partial charge >= 0.3 is 10.2 Å². The summed E-state index contributed by atoms with van der Waals surface area (Å²) in [4.78, 5) is 27.6. The molecule has 0 spiro atoms. The van der Waals surface area contributed by atoms with Crippen LogP contribution in [0.1, 0.15) is 33.3 Å². The molecule has 0 aliphatic heterocycles. The molecule has 186 valence electrons. The van der Waals surface area contributed by atoms with E-state index in [1.54, 1.807) is 57.2 Å². The van der Waals surface area contributed by atoms with E-state index in [9.17, 15) is 22.4 Å². The summed E-state index contributed by atoms with van der Waals surface area (Å²) in [6.07, 6.45) is 0. The molecule has 2 aromatic carbocycles. The van der Waals surface area contributed by atoms with Gasteiger partial charge in [-0.3, -0.25) is 9.59 Å². The Bertz CT molecular complexity index is 1100. The molecule has 34 heavy (non-hydrogen) atoms. The summed E-state index contributed by atoms with van der Waals surface area (Å²) in [5.41, 5.74) is -0.0438. The Hall–Kier alpha value is -2.98. The Kier molecular flexibility index (Phi) is 8.79. The second-order valence-electron chi connectivity index (χ2n) is 9.16. The van der Waals surface area contributed by atoms with Crippen molar-refractivity contribution in [3.05, 3.63) is 66.0 Å². The number of amides is 2. The molecule has 0 heterocycles. The van der Waals surface area contributed by atoms with Crippen LogP contribution >= 0.6 is 0 Å². The van der Waals surface area contributed by atoms with Crippen molar-refractivity contribution in [2.75, 3.05) is 24.9 Å². The van der Waals surface area contributed by atoms with E-state index in [1.807, 2.05) is 0 Å². The zero-order valence-electron chi connectivity index (χ0n) is 20.4. The average Bonchev–Trinajstić information content (AvgIpc) is 2.75. The molecule has 2 aromatic rings. The summed E-state index contributed by atoms with van der Waals surface area (Å²) in [5.74, 6) is -1.60. The molecule has 0 saturated heterocycles. The zero-order chi connectivity index (χ0) is 25.7. The maximum absolute atomic E-state index is 14.4. The molecule has 8 nitrogen and oxygen atoms in total. The summed E-state index contributed by atoms with van der Waals surface area (Å²) in [7, 11) is -1.30. The van der Waals surface area contributed by atoms with Gasteiger partial charge in [0.2, 0.25) is 11.8 Å². The van der Waals surface area contributed by atoms with Crippen LogP contribution in [0, 0.1) is 5.82 Å². The lowest BCUT2D eigenvalue weighted by atomic mass is 10.1. The minimum Gasteiger partial charge on any atom is -0.350 e. The van der Waals surface area contributed by atoms with Gasteiger partial charge in [-0.25, -0.2) is 8.70 Å². The molecule has 0 saturated carbocycles. The van der Waals surface area contributed by atoms with Crippen molar-refractivity contribution in [1.82, 2.24) is 14.5 Å². The molecule has 0 aliphatic carbocycles. The minimum absolute atomic E-state index is 0.200. The maximum Gasteiger partial charge on any atom is 0.304 e. The van der Waals surface area contributed by atoms with Crippen molar-refractivity contribution in [2.24, 2.45) is 0 Å². The normalized spacial score (nSPS) is 12.8. The van der Waals surface area contributed by atoms with Gasteiger partial charge in [0, 0.05) is 31.7 Å². The predicted octanol–water partition coefficient (Wildman–Crippen LogP) is 2.77. The second kappa shape index (κ2) is 11.0. The van der Waals surface area contributed by atoms with E-state index in [1.165, 1.54) is 44.1 Å². The molecule has 2 amide bonds. The van der Waals surface area contributed by atoms with Crippen LogP contribution in [0.5, 0.6) is 0 Å². The fourth-order valence-electron chi connectivity index (χ4n) is 3.18. The average molecular weight is 493 g/mol. The van der Waals surface area contributed by atoms with E-state index in [2.05, 4.69) is 5.32 Å². The quantitative estimate of drug-likeness (QED) is 0.583. The Balaban J connectivity index is 2.46. The third-order valence-electron chi connectivity index (χ3n) is 5.03. The lowest BCUT2D eigenvalue weighted by Crippen LogP contribution is -2.55. The Morgan fingerprint density at radius 3 is 2.09 bits per heavy atom. The van der Waals surface area contributed by atoms with E-state index in [0.717, 1.165) is 8.61 Å². The van der Waals surface area contributed by atoms with Gasteiger partial charge in [0.1, 0.15) is 18.4 Å². The van der Waals surface area contributed by atoms with Gasteiger partial charge in [-0.1, -0.05) is 36.4 Å². The van der Waals surface area contributed by atoms with Crippen LogP contribution in [0.15, 0.2) is 54.6 Å². The highest BCUT2D eigenvalue weighted by Crippen LogP contribution is 2.21. The van der Waals surface area contributed by atoms with Gasteiger partial charge in [0.05, 0.1) is 5.69 Å². The molecular weight excluding hydrogens is 459 g/mol. The van der Waals surface area contributed by atoms with Crippen molar-refractivity contribution in [2.45, 2.75) is 45.8 Å². The number of hydrogen-bond acceptors (Lipinski definition) is 4. The highest BCUT2D eigenvalue weighted by molar-refractivity contribution is 7.90. The molecule has 0 fully saturated rings. The van der Waals surface area contributed by atoms with E-state index >= 15 is 0 Å². The monoisotopic (exact) mass is 492 g/mol. The Morgan fingerprint density at radius 1 is 1.00 bits per heavy atom. The highest BCUT2D eigenvalue weighted by atomic mass is 32.2. The fraction of sp³-hybridized carbons (Fsp3) is 0.417. The van der Waals surface area contributed by atoms with Crippen molar-refractivity contribution < 1.29 is 22.4 Å². The van der Waals surface area contributed by atoms with Crippen LogP contribution in [0.2, 0.25) is 0 Å². The van der Waals surface area contributed by atoms with E-state index < -0.39 is 46.0 Å². The van der Waals surface area contributed by atoms with E-state index in [4.69, 9.17) is 0 Å². The lowest BCUT2D eigenvalue weighted by molar-refractivity contribution is -0.140. The number of carbonyl (C=O) groups excluding carboxylic acids is 2. The summed E-state index contributed by atoms with van der Waals surface area (Å²) in [5, 5.41) is 2.82. The van der Waals surface area contributed by atoms with Crippen LogP contribution in [0.25, 0.3) is 0 Å². The van der Waals surface area contributed by atoms with Crippen LogP contribution in [-0.2, 0) is 26.3 Å². The van der Waals surface area contributed by atoms with Crippen molar-refractivity contribution >= 4 is 27.7 Å². The summed E-state index contributed by atoms with van der Waals surface area (Å²) in [6, 6.07) is 13.2. The molecule has 10 heteroatoms. The molecule has 1 N–H and O–H groups in total. The number of carbonyl (C=O) groups is 2. The largest absolute Gasteiger partial charge is 0.350 e. The molecule has 2 rings (SSSR count). The Labute approximate surface area is 201 Å². The zero-order valence-corrected chi connectivity index (χ0v) is 21.3. The molecular formula is C24H33FN4O4S. The highest BCUT2D eigenvalue weighted by Gasteiger charge is 2.33. The SMILES string of the molecule is CC(C(=O)NC(C)(C)C)N(Cc1ccccc1F)C(=O)CN(c1ccccc1)S(=O)(=O)N(C)C. The van der Waals surface area contributed by atoms with Gasteiger partial charge in [-0.15, -0.1) is 0 Å². The van der Waals surface area contributed by atoms with E-state index in [-0.39, 0.29) is 12.1 Å². The smallest absolute Gasteiger partial charge is 0.304 e. The first-order valence-electron chi connectivity index (χ1n) is 10.8. The third kappa shape index (κ3) is 7.01. The van der Waals surface area contributed by atoms with Gasteiger partial charge in [-0.2, -0.15) is 12.7 Å². The number of rotatable bonds is 9. The molecule has 0 aromatic heterocycles. The summed E-state index contributed by atoms with van der Waals surface area (Å²) in [6.45, 7) is 6.19. The van der Waals surface area contributed by atoms with Gasteiger partial charge in [-0.05, 0) is 45.9 Å². The van der Waals surface area contributed by atoms with Crippen LogP contribution in [0.3, 0.4) is 0 Å². The first-order valence-corrected chi connectivity index (χ1v) is 12.2. The summed E-state index contributed by atoms with van der Waals surface area (Å²) < 4.78 is 42.5. The topological polar surface area (TPSA) is 90.0 Å². The van der Waals surface area contributed by atoms with Crippen LogP contribution in [-0.4, -0.2) is 61.7 Å². The molecule has 1 unspecified atom stereocenters. The standard InChI is InChI=1S/C24H33FN4O4S/c1-18(23(31)26-24(2,3)4)28(16-19-12-10-11-15-21(19)25)22(30)17-29(34(32,33)27(5)6)20-13-8-7-9-14-20/h7-15,18H,16-17H2,1-6H3,(H,26,31). The van der Waals surface area contributed by atoms with Crippen molar-refractivity contribution in [3.63, 3.8) is 0 Å². The number of para-hydroxylation sites is 1. The lowest BCUT2D eigenvalue weighted by Gasteiger charge is -2.34. The number of benzene rings is 2. The first kappa shape index (κ1) is 27.3. The molecule has 0 radical (unpaired) electrons. The van der Waals surface area contributed by atoms with Crippen LogP contribution in [0.4, 0.5) is 10.1 Å².